The highest BCUT2D eigenvalue weighted by molar-refractivity contribution is 5.93. The summed E-state index contributed by atoms with van der Waals surface area (Å²) in [7, 11) is 1.78. The minimum Gasteiger partial charge on any atom is -0.399 e. The first-order chi connectivity index (χ1) is 7.06. The van der Waals surface area contributed by atoms with Crippen LogP contribution in [0, 0.1) is 0 Å². The molecule has 4 heteroatoms. The molecule has 82 valence electrons. The van der Waals surface area contributed by atoms with Crippen LogP contribution in [0.1, 0.15) is 30.8 Å². The first-order valence-electron chi connectivity index (χ1n) is 5.05. The van der Waals surface area contributed by atoms with E-state index in [9.17, 15) is 4.79 Å². The van der Waals surface area contributed by atoms with Crippen LogP contribution in [-0.4, -0.2) is 28.9 Å². The maximum absolute atomic E-state index is 11.9. The second-order valence-corrected chi connectivity index (χ2v) is 3.65. The molecule has 15 heavy (non-hydrogen) atoms. The third-order valence-electron chi connectivity index (χ3n) is 2.58. The van der Waals surface area contributed by atoms with E-state index in [0.29, 0.717) is 11.4 Å². The number of anilines is 1. The van der Waals surface area contributed by atoms with Gasteiger partial charge in [0.1, 0.15) is 5.69 Å². The highest BCUT2D eigenvalue weighted by Gasteiger charge is 2.17. The highest BCUT2D eigenvalue weighted by atomic mass is 16.2. The monoisotopic (exact) mass is 207 g/mol. The van der Waals surface area contributed by atoms with E-state index in [0.717, 1.165) is 6.42 Å². The standard InChI is InChI=1S/C11H17N3O/c1-4-8(2)14(3)11(15)10-7-9(12)5-6-13-10/h5-8H,4H2,1-3H3,(H2,12,13). The number of carbonyl (C=O) groups is 1. The van der Waals surface area contributed by atoms with Crippen molar-refractivity contribution in [3.8, 4) is 0 Å². The molecule has 1 aromatic rings. The molecule has 1 heterocycles. The molecule has 1 unspecified atom stereocenters. The largest absolute Gasteiger partial charge is 0.399 e. The fourth-order valence-electron chi connectivity index (χ4n) is 1.22. The van der Waals surface area contributed by atoms with Crippen LogP contribution in [0.2, 0.25) is 0 Å². The van der Waals surface area contributed by atoms with Crippen molar-refractivity contribution in [1.82, 2.24) is 9.88 Å². The smallest absolute Gasteiger partial charge is 0.272 e. The van der Waals surface area contributed by atoms with Gasteiger partial charge in [0.05, 0.1) is 0 Å². The Bertz CT molecular complexity index is 351. The number of rotatable bonds is 3. The quantitative estimate of drug-likeness (QED) is 0.817. The molecule has 0 aromatic carbocycles. The van der Waals surface area contributed by atoms with Crippen LogP contribution in [0.25, 0.3) is 0 Å². The van der Waals surface area contributed by atoms with Gasteiger partial charge >= 0.3 is 0 Å². The van der Waals surface area contributed by atoms with Crippen LogP contribution < -0.4 is 5.73 Å². The molecule has 1 atom stereocenters. The third kappa shape index (κ3) is 2.68. The van der Waals surface area contributed by atoms with Gasteiger partial charge in [-0.05, 0) is 25.5 Å². The van der Waals surface area contributed by atoms with Gasteiger partial charge in [0, 0.05) is 25.0 Å². The lowest BCUT2D eigenvalue weighted by atomic mass is 10.2. The first-order valence-corrected chi connectivity index (χ1v) is 5.05. The van der Waals surface area contributed by atoms with Crippen molar-refractivity contribution in [3.05, 3.63) is 24.0 Å². The number of amides is 1. The number of carbonyl (C=O) groups excluding carboxylic acids is 1. The van der Waals surface area contributed by atoms with Crippen molar-refractivity contribution in [2.75, 3.05) is 12.8 Å². The van der Waals surface area contributed by atoms with Gasteiger partial charge in [0.25, 0.3) is 5.91 Å². The molecule has 0 spiro atoms. The van der Waals surface area contributed by atoms with Crippen molar-refractivity contribution in [3.63, 3.8) is 0 Å². The van der Waals surface area contributed by atoms with Gasteiger partial charge in [-0.3, -0.25) is 9.78 Å². The summed E-state index contributed by atoms with van der Waals surface area (Å²) in [5, 5.41) is 0. The van der Waals surface area contributed by atoms with Gasteiger partial charge in [-0.2, -0.15) is 0 Å². The average molecular weight is 207 g/mol. The van der Waals surface area contributed by atoms with Gasteiger partial charge in [-0.15, -0.1) is 0 Å². The summed E-state index contributed by atoms with van der Waals surface area (Å²) < 4.78 is 0. The zero-order chi connectivity index (χ0) is 11.4. The van der Waals surface area contributed by atoms with Gasteiger partial charge < -0.3 is 10.6 Å². The van der Waals surface area contributed by atoms with Crippen LogP contribution in [0.3, 0.4) is 0 Å². The Labute approximate surface area is 90.1 Å². The van der Waals surface area contributed by atoms with E-state index in [1.54, 1.807) is 30.3 Å². The molecule has 4 nitrogen and oxygen atoms in total. The summed E-state index contributed by atoms with van der Waals surface area (Å²) in [6.45, 7) is 4.05. The first kappa shape index (κ1) is 11.5. The van der Waals surface area contributed by atoms with Crippen LogP contribution >= 0.6 is 0 Å². The van der Waals surface area contributed by atoms with E-state index in [1.807, 2.05) is 13.8 Å². The minimum atomic E-state index is -0.0864. The van der Waals surface area contributed by atoms with E-state index >= 15 is 0 Å². The Morgan fingerprint density at radius 1 is 1.67 bits per heavy atom. The predicted octanol–water partition coefficient (Wildman–Crippen LogP) is 1.53. The van der Waals surface area contributed by atoms with Crippen molar-refractivity contribution in [2.45, 2.75) is 26.3 Å². The average Bonchev–Trinajstić information content (AvgIpc) is 2.26. The number of hydrogen-bond acceptors (Lipinski definition) is 3. The molecule has 0 aliphatic rings. The van der Waals surface area contributed by atoms with Gasteiger partial charge in [-0.25, -0.2) is 0 Å². The molecule has 1 amide bonds. The Morgan fingerprint density at radius 3 is 2.87 bits per heavy atom. The van der Waals surface area contributed by atoms with E-state index in [2.05, 4.69) is 4.98 Å². The molecule has 0 fully saturated rings. The summed E-state index contributed by atoms with van der Waals surface area (Å²) in [4.78, 5) is 17.6. The Balaban J connectivity index is 2.85. The number of hydrogen-bond donors (Lipinski definition) is 1. The molecular formula is C11H17N3O. The number of nitrogens with zero attached hydrogens (tertiary/aromatic N) is 2. The number of pyridine rings is 1. The number of nitrogens with two attached hydrogens (primary N) is 1. The maximum atomic E-state index is 11.9. The Hall–Kier alpha value is -1.58. The Morgan fingerprint density at radius 2 is 2.33 bits per heavy atom. The molecule has 0 saturated carbocycles. The van der Waals surface area contributed by atoms with Crippen molar-refractivity contribution in [2.24, 2.45) is 0 Å². The summed E-state index contributed by atoms with van der Waals surface area (Å²) in [5.41, 5.74) is 6.56. The van der Waals surface area contributed by atoms with Crippen molar-refractivity contribution in [1.29, 1.82) is 0 Å². The minimum absolute atomic E-state index is 0.0864. The maximum Gasteiger partial charge on any atom is 0.272 e. The van der Waals surface area contributed by atoms with Crippen molar-refractivity contribution < 1.29 is 4.79 Å². The summed E-state index contributed by atoms with van der Waals surface area (Å²) in [6.07, 6.45) is 2.47. The van der Waals surface area contributed by atoms with E-state index in [1.165, 1.54) is 0 Å². The molecule has 1 aromatic heterocycles. The van der Waals surface area contributed by atoms with Crippen LogP contribution in [0.5, 0.6) is 0 Å². The lowest BCUT2D eigenvalue weighted by Crippen LogP contribution is -2.35. The number of nitrogen functional groups attached to an aromatic ring is 1. The fraction of sp³-hybridized carbons (Fsp3) is 0.455. The summed E-state index contributed by atoms with van der Waals surface area (Å²) >= 11 is 0. The molecule has 0 bridgehead atoms. The second-order valence-electron chi connectivity index (χ2n) is 3.65. The Kier molecular flexibility index (Phi) is 3.66. The highest BCUT2D eigenvalue weighted by Crippen LogP contribution is 2.09. The molecule has 0 aliphatic carbocycles. The topological polar surface area (TPSA) is 59.2 Å². The van der Waals surface area contributed by atoms with E-state index in [4.69, 9.17) is 5.73 Å². The van der Waals surface area contributed by atoms with Gasteiger partial charge in [-0.1, -0.05) is 6.92 Å². The van der Waals surface area contributed by atoms with Crippen LogP contribution in [0.4, 0.5) is 5.69 Å². The summed E-state index contributed by atoms with van der Waals surface area (Å²) in [5.74, 6) is -0.0864. The van der Waals surface area contributed by atoms with Gasteiger partial charge in [0.2, 0.25) is 0 Å². The predicted molar refractivity (Wildman–Crippen MR) is 60.5 cm³/mol. The third-order valence-corrected chi connectivity index (χ3v) is 2.58. The molecular weight excluding hydrogens is 190 g/mol. The van der Waals surface area contributed by atoms with E-state index < -0.39 is 0 Å². The molecule has 2 N–H and O–H groups in total. The molecule has 0 radical (unpaired) electrons. The second kappa shape index (κ2) is 4.77. The zero-order valence-electron chi connectivity index (χ0n) is 9.40. The summed E-state index contributed by atoms with van der Waals surface area (Å²) in [6, 6.07) is 3.47. The molecule has 1 rings (SSSR count). The van der Waals surface area contributed by atoms with Crippen molar-refractivity contribution >= 4 is 11.6 Å². The number of aromatic nitrogens is 1. The normalized spacial score (nSPS) is 12.2. The fourth-order valence-corrected chi connectivity index (χ4v) is 1.22. The molecule has 0 saturated heterocycles. The lowest BCUT2D eigenvalue weighted by molar-refractivity contribution is 0.0734. The molecule has 0 aliphatic heterocycles. The van der Waals surface area contributed by atoms with E-state index in [-0.39, 0.29) is 11.9 Å². The van der Waals surface area contributed by atoms with Gasteiger partial charge in [0.15, 0.2) is 0 Å². The SMILES string of the molecule is CCC(C)N(C)C(=O)c1cc(N)ccn1. The lowest BCUT2D eigenvalue weighted by Gasteiger charge is -2.23. The zero-order valence-corrected chi connectivity index (χ0v) is 9.40. The van der Waals surface area contributed by atoms with Crippen LogP contribution in [0.15, 0.2) is 18.3 Å². The van der Waals surface area contributed by atoms with Crippen LogP contribution in [-0.2, 0) is 0 Å².